The van der Waals surface area contributed by atoms with E-state index >= 15 is 0 Å². The Morgan fingerprint density at radius 2 is 2.24 bits per heavy atom. The summed E-state index contributed by atoms with van der Waals surface area (Å²) in [6.45, 7) is 0.718. The van der Waals surface area contributed by atoms with Crippen LogP contribution >= 0.6 is 23.2 Å². The third-order valence-electron chi connectivity index (χ3n) is 3.04. The zero-order chi connectivity index (χ0) is 12.4. The van der Waals surface area contributed by atoms with Crippen LogP contribution in [0.15, 0.2) is 18.2 Å². The summed E-state index contributed by atoms with van der Waals surface area (Å²) in [6, 6.07) is 5.00. The van der Waals surface area contributed by atoms with Gasteiger partial charge in [-0.05, 0) is 43.0 Å². The lowest BCUT2D eigenvalue weighted by molar-refractivity contribution is -0.139. The van der Waals surface area contributed by atoms with E-state index in [1.54, 1.807) is 12.1 Å². The average Bonchev–Trinajstić information content (AvgIpc) is 2.71. The zero-order valence-electron chi connectivity index (χ0n) is 9.12. The van der Waals surface area contributed by atoms with E-state index in [0.29, 0.717) is 22.4 Å². The van der Waals surface area contributed by atoms with Crippen molar-refractivity contribution in [3.05, 3.63) is 33.8 Å². The number of benzene rings is 1. The van der Waals surface area contributed by atoms with Crippen molar-refractivity contribution in [1.29, 1.82) is 0 Å². The van der Waals surface area contributed by atoms with Gasteiger partial charge in [0.05, 0.1) is 0 Å². The highest BCUT2D eigenvalue weighted by Crippen LogP contribution is 2.26. The van der Waals surface area contributed by atoms with Crippen molar-refractivity contribution in [1.82, 2.24) is 5.32 Å². The van der Waals surface area contributed by atoms with Crippen molar-refractivity contribution < 1.29 is 9.90 Å². The van der Waals surface area contributed by atoms with Crippen molar-refractivity contribution in [2.45, 2.75) is 18.9 Å². The molecule has 0 aromatic heterocycles. The number of carbonyl (C=O) groups is 1. The molecule has 2 N–H and O–H groups in total. The minimum atomic E-state index is -0.783. The van der Waals surface area contributed by atoms with E-state index in [0.717, 1.165) is 18.5 Å². The highest BCUT2D eigenvalue weighted by molar-refractivity contribution is 6.35. The Labute approximate surface area is 110 Å². The molecule has 0 spiro atoms. The molecule has 1 fully saturated rings. The van der Waals surface area contributed by atoms with Crippen molar-refractivity contribution >= 4 is 29.2 Å². The van der Waals surface area contributed by atoms with Crippen LogP contribution < -0.4 is 5.32 Å². The maximum absolute atomic E-state index is 10.8. The van der Waals surface area contributed by atoms with Crippen LogP contribution in [0, 0.1) is 5.92 Å². The molecule has 3 nitrogen and oxygen atoms in total. The van der Waals surface area contributed by atoms with Gasteiger partial charge in [0, 0.05) is 10.0 Å². The van der Waals surface area contributed by atoms with E-state index < -0.39 is 12.0 Å². The van der Waals surface area contributed by atoms with Crippen LogP contribution in [0.4, 0.5) is 0 Å². The van der Waals surface area contributed by atoms with Crippen LogP contribution in [-0.2, 0) is 11.2 Å². The smallest absolute Gasteiger partial charge is 0.320 e. The van der Waals surface area contributed by atoms with E-state index in [1.807, 2.05) is 6.07 Å². The molecule has 0 aliphatic carbocycles. The van der Waals surface area contributed by atoms with Crippen LogP contribution in [0.1, 0.15) is 12.0 Å². The van der Waals surface area contributed by atoms with E-state index in [-0.39, 0.29) is 0 Å². The van der Waals surface area contributed by atoms with E-state index in [9.17, 15) is 4.79 Å². The second-order valence-corrected chi connectivity index (χ2v) is 5.18. The van der Waals surface area contributed by atoms with Gasteiger partial charge in [0.25, 0.3) is 0 Å². The molecule has 1 saturated heterocycles. The molecule has 1 aromatic rings. The number of hydrogen-bond donors (Lipinski definition) is 2. The normalized spacial score (nSPS) is 23.9. The maximum Gasteiger partial charge on any atom is 0.320 e. The first-order valence-corrected chi connectivity index (χ1v) is 6.22. The number of nitrogens with one attached hydrogen (secondary N) is 1. The largest absolute Gasteiger partial charge is 0.480 e. The molecular formula is C12H13Cl2NO2. The van der Waals surface area contributed by atoms with Crippen LogP contribution in [-0.4, -0.2) is 23.7 Å². The third kappa shape index (κ3) is 3.12. The zero-order valence-corrected chi connectivity index (χ0v) is 10.6. The van der Waals surface area contributed by atoms with E-state index in [2.05, 4.69) is 5.32 Å². The summed E-state index contributed by atoms with van der Waals surface area (Å²) in [7, 11) is 0. The Kier molecular flexibility index (Phi) is 3.92. The fraction of sp³-hybridized carbons (Fsp3) is 0.417. The molecule has 5 heteroatoms. The number of carboxylic acids is 1. The molecule has 0 amide bonds. The van der Waals surface area contributed by atoms with Crippen LogP contribution in [0.25, 0.3) is 0 Å². The molecule has 2 rings (SSSR count). The van der Waals surface area contributed by atoms with Gasteiger partial charge in [-0.2, -0.15) is 0 Å². The van der Waals surface area contributed by atoms with Crippen LogP contribution in [0.3, 0.4) is 0 Å². The molecular weight excluding hydrogens is 261 g/mol. The summed E-state index contributed by atoms with van der Waals surface area (Å²) < 4.78 is 0. The Morgan fingerprint density at radius 3 is 2.82 bits per heavy atom. The van der Waals surface area contributed by atoms with Gasteiger partial charge >= 0.3 is 5.97 Å². The predicted octanol–water partition coefficient (Wildman–Crippen LogP) is 2.60. The fourth-order valence-electron chi connectivity index (χ4n) is 2.15. The molecule has 1 heterocycles. The van der Waals surface area contributed by atoms with Gasteiger partial charge in [-0.15, -0.1) is 0 Å². The summed E-state index contributed by atoms with van der Waals surface area (Å²) in [5.41, 5.74) is 1.02. The molecule has 17 heavy (non-hydrogen) atoms. The minimum Gasteiger partial charge on any atom is -0.480 e. The lowest BCUT2D eigenvalue weighted by Gasteiger charge is -2.10. The summed E-state index contributed by atoms with van der Waals surface area (Å²) in [4.78, 5) is 10.8. The highest BCUT2D eigenvalue weighted by atomic mass is 35.5. The summed E-state index contributed by atoms with van der Waals surface area (Å²) in [5.74, 6) is -0.468. The average molecular weight is 274 g/mol. The number of rotatable bonds is 3. The third-order valence-corrected chi connectivity index (χ3v) is 3.63. The lowest BCUT2D eigenvalue weighted by Crippen LogP contribution is -2.29. The lowest BCUT2D eigenvalue weighted by atomic mass is 9.97. The monoisotopic (exact) mass is 273 g/mol. The molecule has 1 unspecified atom stereocenters. The van der Waals surface area contributed by atoms with Crippen LogP contribution in [0.2, 0.25) is 10.0 Å². The van der Waals surface area contributed by atoms with Gasteiger partial charge in [-0.3, -0.25) is 4.79 Å². The number of carboxylic acid groups (broad SMARTS) is 1. The second kappa shape index (κ2) is 5.25. The summed E-state index contributed by atoms with van der Waals surface area (Å²) >= 11 is 11.9. The van der Waals surface area contributed by atoms with Crippen molar-refractivity contribution in [2.24, 2.45) is 5.92 Å². The SMILES string of the molecule is O=C(O)[C@@H]1CC(Cc2ccc(Cl)cc2Cl)CN1. The predicted molar refractivity (Wildman–Crippen MR) is 67.7 cm³/mol. The second-order valence-electron chi connectivity index (χ2n) is 4.34. The molecule has 0 radical (unpaired) electrons. The summed E-state index contributed by atoms with van der Waals surface area (Å²) in [6.07, 6.45) is 1.43. The molecule has 0 bridgehead atoms. The van der Waals surface area contributed by atoms with Crippen LogP contribution in [0.5, 0.6) is 0 Å². The standard InChI is InChI=1S/C12H13Cl2NO2/c13-9-2-1-8(10(14)5-9)3-7-4-11(12(16)17)15-6-7/h1-2,5,7,11,15H,3-4,6H2,(H,16,17)/t7?,11-/m0/s1. The fourth-order valence-corrected chi connectivity index (χ4v) is 2.64. The van der Waals surface area contributed by atoms with Gasteiger partial charge in [0.2, 0.25) is 0 Å². The Hall–Kier alpha value is -0.770. The quantitative estimate of drug-likeness (QED) is 0.890. The summed E-state index contributed by atoms with van der Waals surface area (Å²) in [5, 5.41) is 13.1. The number of hydrogen-bond acceptors (Lipinski definition) is 2. The molecule has 1 aliphatic rings. The topological polar surface area (TPSA) is 49.3 Å². The van der Waals surface area contributed by atoms with Crippen molar-refractivity contribution in [3.8, 4) is 0 Å². The minimum absolute atomic E-state index is 0.315. The van der Waals surface area contributed by atoms with Gasteiger partial charge < -0.3 is 10.4 Å². The Balaban J connectivity index is 2.00. The first-order valence-electron chi connectivity index (χ1n) is 5.46. The van der Waals surface area contributed by atoms with Gasteiger partial charge in [0.1, 0.15) is 6.04 Å². The molecule has 2 atom stereocenters. The maximum atomic E-state index is 10.8. The number of halogens is 2. The molecule has 92 valence electrons. The van der Waals surface area contributed by atoms with Crippen molar-refractivity contribution in [3.63, 3.8) is 0 Å². The van der Waals surface area contributed by atoms with Gasteiger partial charge in [0.15, 0.2) is 0 Å². The van der Waals surface area contributed by atoms with E-state index in [1.165, 1.54) is 0 Å². The van der Waals surface area contributed by atoms with Gasteiger partial charge in [-0.25, -0.2) is 0 Å². The molecule has 0 saturated carbocycles. The Bertz CT molecular complexity index is 437. The molecule has 1 aromatic carbocycles. The highest BCUT2D eigenvalue weighted by Gasteiger charge is 2.29. The first kappa shape index (κ1) is 12.7. The Morgan fingerprint density at radius 1 is 1.47 bits per heavy atom. The van der Waals surface area contributed by atoms with Crippen molar-refractivity contribution in [2.75, 3.05) is 6.54 Å². The van der Waals surface area contributed by atoms with E-state index in [4.69, 9.17) is 28.3 Å². The first-order chi connectivity index (χ1) is 8.06. The molecule has 1 aliphatic heterocycles. The number of aliphatic carboxylic acids is 1. The van der Waals surface area contributed by atoms with Gasteiger partial charge in [-0.1, -0.05) is 29.3 Å².